The van der Waals surface area contributed by atoms with Gasteiger partial charge in [0.05, 0.1) is 6.26 Å². The van der Waals surface area contributed by atoms with Crippen molar-refractivity contribution in [3.63, 3.8) is 0 Å². The van der Waals surface area contributed by atoms with Gasteiger partial charge < -0.3 is 4.42 Å². The van der Waals surface area contributed by atoms with Crippen molar-refractivity contribution in [1.29, 1.82) is 0 Å². The minimum atomic E-state index is -0.249. The second-order valence-corrected chi connectivity index (χ2v) is 3.89. The Hall–Kier alpha value is -1.65. The van der Waals surface area contributed by atoms with Crippen molar-refractivity contribution in [1.82, 2.24) is 5.43 Å². The molecule has 1 atom stereocenters. The van der Waals surface area contributed by atoms with Gasteiger partial charge in [-0.25, -0.2) is 4.39 Å². The third kappa shape index (κ3) is 3.15. The van der Waals surface area contributed by atoms with Crippen LogP contribution in [0.4, 0.5) is 4.39 Å². The van der Waals surface area contributed by atoms with E-state index in [2.05, 4.69) is 5.43 Å². The second kappa shape index (κ2) is 5.61. The van der Waals surface area contributed by atoms with Gasteiger partial charge in [0.15, 0.2) is 0 Å². The van der Waals surface area contributed by atoms with Gasteiger partial charge in [-0.05, 0) is 36.2 Å². The molecule has 0 amide bonds. The van der Waals surface area contributed by atoms with Crippen molar-refractivity contribution in [3.8, 4) is 0 Å². The first-order valence-corrected chi connectivity index (χ1v) is 5.53. The van der Waals surface area contributed by atoms with E-state index < -0.39 is 0 Å². The zero-order valence-corrected chi connectivity index (χ0v) is 9.40. The maximum absolute atomic E-state index is 13.1. The Balaban J connectivity index is 2.01. The summed E-state index contributed by atoms with van der Waals surface area (Å²) < 4.78 is 18.3. The summed E-state index contributed by atoms with van der Waals surface area (Å²) in [7, 11) is 0. The summed E-state index contributed by atoms with van der Waals surface area (Å²) in [6, 6.07) is 10.1. The van der Waals surface area contributed by atoms with Crippen molar-refractivity contribution in [2.45, 2.75) is 18.9 Å². The van der Waals surface area contributed by atoms with E-state index in [0.717, 1.165) is 24.2 Å². The molecule has 2 rings (SSSR count). The van der Waals surface area contributed by atoms with Crippen LogP contribution in [0.2, 0.25) is 0 Å². The SMILES string of the molecule is NNC(CCc1ccco1)c1cccc(F)c1. The molecule has 17 heavy (non-hydrogen) atoms. The van der Waals surface area contributed by atoms with E-state index in [1.54, 1.807) is 12.3 Å². The Morgan fingerprint density at radius 2 is 2.18 bits per heavy atom. The third-order valence-electron chi connectivity index (χ3n) is 2.71. The van der Waals surface area contributed by atoms with Crippen LogP contribution >= 0.6 is 0 Å². The van der Waals surface area contributed by atoms with Gasteiger partial charge in [0.25, 0.3) is 0 Å². The van der Waals surface area contributed by atoms with Gasteiger partial charge in [0.2, 0.25) is 0 Å². The van der Waals surface area contributed by atoms with Gasteiger partial charge in [-0.3, -0.25) is 11.3 Å². The number of hydrazine groups is 1. The van der Waals surface area contributed by atoms with Crippen LogP contribution in [0.25, 0.3) is 0 Å². The average Bonchev–Trinajstić information content (AvgIpc) is 2.83. The Bertz CT molecular complexity index is 456. The predicted octanol–water partition coefficient (Wildman–Crippen LogP) is 2.56. The topological polar surface area (TPSA) is 51.2 Å². The van der Waals surface area contributed by atoms with E-state index in [4.69, 9.17) is 10.3 Å². The largest absolute Gasteiger partial charge is 0.469 e. The molecule has 1 aromatic heterocycles. The van der Waals surface area contributed by atoms with Gasteiger partial charge in [0.1, 0.15) is 11.6 Å². The lowest BCUT2D eigenvalue weighted by atomic mass is 10.0. The first-order valence-electron chi connectivity index (χ1n) is 5.53. The summed E-state index contributed by atoms with van der Waals surface area (Å²) in [6.45, 7) is 0. The molecule has 0 saturated carbocycles. The quantitative estimate of drug-likeness (QED) is 0.617. The lowest BCUT2D eigenvalue weighted by Gasteiger charge is -2.15. The molecule has 0 aliphatic heterocycles. The van der Waals surface area contributed by atoms with E-state index in [1.165, 1.54) is 12.1 Å². The number of aryl methyl sites for hydroxylation is 1. The molecular formula is C13H15FN2O. The molecule has 0 aliphatic carbocycles. The van der Waals surface area contributed by atoms with Crippen LogP contribution in [-0.2, 0) is 6.42 Å². The Kier molecular flexibility index (Phi) is 3.90. The van der Waals surface area contributed by atoms with Crippen molar-refractivity contribution >= 4 is 0 Å². The molecule has 1 aromatic carbocycles. The van der Waals surface area contributed by atoms with Gasteiger partial charge in [-0.2, -0.15) is 0 Å². The first kappa shape index (κ1) is 11.8. The number of halogens is 1. The van der Waals surface area contributed by atoms with Gasteiger partial charge >= 0.3 is 0 Å². The normalized spacial score (nSPS) is 12.6. The standard InChI is InChI=1S/C13H15FN2O/c14-11-4-1-3-10(9-11)13(16-15)7-6-12-5-2-8-17-12/h1-5,8-9,13,16H,6-7,15H2. The van der Waals surface area contributed by atoms with E-state index in [9.17, 15) is 4.39 Å². The number of benzene rings is 1. The summed E-state index contributed by atoms with van der Waals surface area (Å²) in [6.07, 6.45) is 3.16. The molecule has 0 bridgehead atoms. The smallest absolute Gasteiger partial charge is 0.123 e. The molecule has 0 aliphatic rings. The van der Waals surface area contributed by atoms with E-state index in [0.29, 0.717) is 0 Å². The number of hydrogen-bond donors (Lipinski definition) is 2. The highest BCUT2D eigenvalue weighted by atomic mass is 19.1. The molecule has 0 spiro atoms. The highest BCUT2D eigenvalue weighted by Crippen LogP contribution is 2.19. The van der Waals surface area contributed by atoms with Crippen LogP contribution in [-0.4, -0.2) is 0 Å². The van der Waals surface area contributed by atoms with E-state index >= 15 is 0 Å². The van der Waals surface area contributed by atoms with Crippen LogP contribution in [0.5, 0.6) is 0 Å². The summed E-state index contributed by atoms with van der Waals surface area (Å²) in [5.41, 5.74) is 3.55. The predicted molar refractivity (Wildman–Crippen MR) is 63.5 cm³/mol. The molecular weight excluding hydrogens is 219 g/mol. The van der Waals surface area contributed by atoms with Crippen molar-refractivity contribution < 1.29 is 8.81 Å². The Morgan fingerprint density at radius 1 is 1.29 bits per heavy atom. The number of nitrogens with two attached hydrogens (primary N) is 1. The first-order chi connectivity index (χ1) is 8.29. The molecule has 90 valence electrons. The van der Waals surface area contributed by atoms with Crippen molar-refractivity contribution in [2.24, 2.45) is 5.84 Å². The molecule has 1 unspecified atom stereocenters. The van der Waals surface area contributed by atoms with Crippen LogP contribution in [0.3, 0.4) is 0 Å². The van der Waals surface area contributed by atoms with E-state index in [-0.39, 0.29) is 11.9 Å². The van der Waals surface area contributed by atoms with Gasteiger partial charge in [-0.1, -0.05) is 12.1 Å². The van der Waals surface area contributed by atoms with Gasteiger partial charge in [-0.15, -0.1) is 0 Å². The van der Waals surface area contributed by atoms with Crippen LogP contribution in [0, 0.1) is 5.82 Å². The summed E-state index contributed by atoms with van der Waals surface area (Å²) in [5.74, 6) is 6.15. The molecule has 1 heterocycles. The maximum atomic E-state index is 13.1. The summed E-state index contributed by atoms with van der Waals surface area (Å²) in [5, 5.41) is 0. The van der Waals surface area contributed by atoms with Crippen molar-refractivity contribution in [3.05, 3.63) is 59.8 Å². The highest BCUT2D eigenvalue weighted by Gasteiger charge is 2.11. The number of hydrogen-bond acceptors (Lipinski definition) is 3. The van der Waals surface area contributed by atoms with E-state index in [1.807, 2.05) is 18.2 Å². The fourth-order valence-corrected chi connectivity index (χ4v) is 1.81. The number of nitrogens with one attached hydrogen (secondary N) is 1. The maximum Gasteiger partial charge on any atom is 0.123 e. The third-order valence-corrected chi connectivity index (χ3v) is 2.71. The summed E-state index contributed by atoms with van der Waals surface area (Å²) >= 11 is 0. The Labute approximate surface area is 99.4 Å². The second-order valence-electron chi connectivity index (χ2n) is 3.89. The van der Waals surface area contributed by atoms with Crippen LogP contribution in [0.1, 0.15) is 23.8 Å². The van der Waals surface area contributed by atoms with Crippen molar-refractivity contribution in [2.75, 3.05) is 0 Å². The molecule has 3 nitrogen and oxygen atoms in total. The molecule has 4 heteroatoms. The lowest BCUT2D eigenvalue weighted by molar-refractivity contribution is 0.457. The zero-order chi connectivity index (χ0) is 12.1. The monoisotopic (exact) mass is 234 g/mol. The highest BCUT2D eigenvalue weighted by molar-refractivity contribution is 5.20. The minimum absolute atomic E-state index is 0.0733. The average molecular weight is 234 g/mol. The molecule has 2 aromatic rings. The van der Waals surface area contributed by atoms with Crippen LogP contribution < -0.4 is 11.3 Å². The zero-order valence-electron chi connectivity index (χ0n) is 9.40. The fourth-order valence-electron chi connectivity index (χ4n) is 1.81. The number of furan rings is 1. The number of rotatable bonds is 5. The summed E-state index contributed by atoms with van der Waals surface area (Å²) in [4.78, 5) is 0. The van der Waals surface area contributed by atoms with Gasteiger partial charge in [0, 0.05) is 12.5 Å². The molecule has 3 N–H and O–H groups in total. The molecule has 0 saturated heterocycles. The molecule has 0 fully saturated rings. The minimum Gasteiger partial charge on any atom is -0.469 e. The lowest BCUT2D eigenvalue weighted by Crippen LogP contribution is -2.28. The molecule has 0 radical (unpaired) electrons. The fraction of sp³-hybridized carbons (Fsp3) is 0.231. The Morgan fingerprint density at radius 3 is 2.82 bits per heavy atom. The van der Waals surface area contributed by atoms with Crippen LogP contribution in [0.15, 0.2) is 47.1 Å².